The van der Waals surface area contributed by atoms with Crippen LogP contribution >= 0.6 is 0 Å². The van der Waals surface area contributed by atoms with E-state index in [-0.39, 0.29) is 19.4 Å². The van der Waals surface area contributed by atoms with Gasteiger partial charge in [-0.05, 0) is 25.0 Å². The highest BCUT2D eigenvalue weighted by atomic mass is 32.3. The Kier molecular flexibility index (Phi) is 5.16. The maximum Gasteiger partial charge on any atom is 0.418 e. The van der Waals surface area contributed by atoms with Gasteiger partial charge >= 0.3 is 22.5 Å². The number of hydrogen-bond acceptors (Lipinski definition) is 6. The van der Waals surface area contributed by atoms with Gasteiger partial charge in [-0.3, -0.25) is 14.8 Å². The Balaban J connectivity index is 1.55. The lowest BCUT2D eigenvalue weighted by molar-refractivity contribution is -0.126. The molecule has 1 unspecified atom stereocenters. The molecule has 0 radical (unpaired) electrons. The Morgan fingerprint density at radius 1 is 1.15 bits per heavy atom. The fourth-order valence-corrected chi connectivity index (χ4v) is 3.38. The topological polar surface area (TPSA) is 157 Å². The average Bonchev–Trinajstić information content (AvgIpc) is 2.84. The normalized spacial score (nSPS) is 21.7. The zero-order chi connectivity index (χ0) is 19.6. The van der Waals surface area contributed by atoms with Crippen LogP contribution in [0.15, 0.2) is 30.3 Å². The molecule has 27 heavy (non-hydrogen) atoms. The van der Waals surface area contributed by atoms with Gasteiger partial charge in [0.2, 0.25) is 0 Å². The van der Waals surface area contributed by atoms with Crippen LogP contribution in [-0.4, -0.2) is 59.5 Å². The van der Waals surface area contributed by atoms with Crippen molar-refractivity contribution in [2.45, 2.75) is 24.9 Å². The molecule has 1 aromatic rings. The SMILES string of the molecule is O=C(NNC(=O)[C@@H]1CCC2CN1C(=O)N2OS(=O)(=O)O)Nc1ccccc1. The molecular formula is C14H17N5O7S. The van der Waals surface area contributed by atoms with Gasteiger partial charge in [-0.25, -0.2) is 15.0 Å². The van der Waals surface area contributed by atoms with Crippen molar-refractivity contribution in [3.05, 3.63) is 30.3 Å². The van der Waals surface area contributed by atoms with E-state index in [0.717, 1.165) is 4.90 Å². The largest absolute Gasteiger partial charge is 0.418 e. The zero-order valence-corrected chi connectivity index (χ0v) is 14.7. The van der Waals surface area contributed by atoms with Gasteiger partial charge in [0.05, 0.1) is 6.04 Å². The van der Waals surface area contributed by atoms with Crippen molar-refractivity contribution >= 4 is 34.1 Å². The molecule has 2 bridgehead atoms. The molecule has 0 aliphatic carbocycles. The van der Waals surface area contributed by atoms with Crippen LogP contribution in [-0.2, 0) is 19.5 Å². The molecule has 2 saturated heterocycles. The van der Waals surface area contributed by atoms with Crippen LogP contribution in [0.25, 0.3) is 0 Å². The number of amides is 5. The lowest BCUT2D eigenvalue weighted by Gasteiger charge is -2.29. The molecule has 0 spiro atoms. The summed E-state index contributed by atoms with van der Waals surface area (Å²) >= 11 is 0. The molecule has 2 aliphatic heterocycles. The maximum atomic E-state index is 12.3. The van der Waals surface area contributed by atoms with Gasteiger partial charge in [0.15, 0.2) is 0 Å². The minimum absolute atomic E-state index is 0.0582. The molecule has 2 heterocycles. The highest BCUT2D eigenvalue weighted by Gasteiger charge is 2.49. The molecule has 2 aliphatic rings. The Labute approximate surface area is 154 Å². The molecule has 1 aromatic carbocycles. The van der Waals surface area contributed by atoms with Gasteiger partial charge in [-0.15, -0.1) is 4.28 Å². The third-order valence-corrected chi connectivity index (χ3v) is 4.48. The number of anilines is 1. The molecule has 2 atom stereocenters. The fourth-order valence-electron chi connectivity index (χ4n) is 2.99. The van der Waals surface area contributed by atoms with Crippen molar-refractivity contribution in [1.29, 1.82) is 0 Å². The van der Waals surface area contributed by atoms with Crippen molar-refractivity contribution in [3.63, 3.8) is 0 Å². The highest BCUT2D eigenvalue weighted by molar-refractivity contribution is 7.80. The molecule has 13 heteroatoms. The molecule has 0 saturated carbocycles. The number of hydroxylamine groups is 2. The number of hydrogen-bond donors (Lipinski definition) is 4. The minimum Gasteiger partial charge on any atom is -0.309 e. The number of carbonyl (C=O) groups excluding carboxylic acids is 3. The number of para-hydroxylation sites is 1. The van der Waals surface area contributed by atoms with E-state index in [1.54, 1.807) is 30.3 Å². The smallest absolute Gasteiger partial charge is 0.309 e. The summed E-state index contributed by atoms with van der Waals surface area (Å²) < 4.78 is 34.7. The van der Waals surface area contributed by atoms with E-state index >= 15 is 0 Å². The first-order valence-corrected chi connectivity index (χ1v) is 9.30. The third-order valence-electron chi connectivity index (χ3n) is 4.13. The van der Waals surface area contributed by atoms with Gasteiger partial charge in [0.25, 0.3) is 5.91 Å². The second kappa shape index (κ2) is 7.38. The standard InChI is InChI=1S/C14H17N5O7S/c20-12(16-17-13(21)15-9-4-2-1-3-5-9)11-7-6-10-8-18(11)14(22)19(10)26-27(23,24)25/h1-5,10-11H,6-8H2,(H,16,20)(H2,15,17,21)(H,23,24,25)/t10?,11-/m0/s1. The van der Waals surface area contributed by atoms with Gasteiger partial charge in [-0.2, -0.15) is 13.5 Å². The number of nitrogens with one attached hydrogen (secondary N) is 3. The summed E-state index contributed by atoms with van der Waals surface area (Å²) in [6, 6.07) is 5.52. The van der Waals surface area contributed by atoms with Crippen molar-refractivity contribution in [2.75, 3.05) is 11.9 Å². The van der Waals surface area contributed by atoms with Crippen molar-refractivity contribution in [3.8, 4) is 0 Å². The number of piperidine rings is 1. The summed E-state index contributed by atoms with van der Waals surface area (Å²) in [4.78, 5) is 37.4. The van der Waals surface area contributed by atoms with Crippen molar-refractivity contribution in [1.82, 2.24) is 20.8 Å². The number of nitrogens with zero attached hydrogens (tertiary/aromatic N) is 2. The monoisotopic (exact) mass is 399 g/mol. The van der Waals surface area contributed by atoms with E-state index in [1.165, 1.54) is 0 Å². The summed E-state index contributed by atoms with van der Waals surface area (Å²) in [6.45, 7) is 0.0582. The van der Waals surface area contributed by atoms with Crippen LogP contribution in [0.4, 0.5) is 15.3 Å². The zero-order valence-electron chi connectivity index (χ0n) is 13.9. The predicted octanol–water partition coefficient (Wildman–Crippen LogP) is -0.158. The molecule has 12 nitrogen and oxygen atoms in total. The number of carbonyl (C=O) groups is 3. The van der Waals surface area contributed by atoms with Crippen molar-refractivity contribution in [2.24, 2.45) is 0 Å². The summed E-state index contributed by atoms with van der Waals surface area (Å²) in [5, 5.41) is 3.05. The van der Waals surface area contributed by atoms with Crippen LogP contribution in [0.5, 0.6) is 0 Å². The number of rotatable bonds is 4. The van der Waals surface area contributed by atoms with Gasteiger partial charge in [0, 0.05) is 12.2 Å². The number of urea groups is 2. The number of benzene rings is 1. The van der Waals surface area contributed by atoms with Crippen LogP contribution in [0.2, 0.25) is 0 Å². The molecule has 3 rings (SSSR count). The molecule has 0 aromatic heterocycles. The highest BCUT2D eigenvalue weighted by Crippen LogP contribution is 2.30. The third kappa shape index (κ3) is 4.45. The number of hydrazine groups is 1. The van der Waals surface area contributed by atoms with Crippen LogP contribution in [0.3, 0.4) is 0 Å². The van der Waals surface area contributed by atoms with Crippen molar-refractivity contribution < 1.29 is 31.6 Å². The Hall–Kier alpha value is -2.90. The summed E-state index contributed by atoms with van der Waals surface area (Å²) in [7, 11) is -4.86. The van der Waals surface area contributed by atoms with Crippen LogP contribution < -0.4 is 16.2 Å². The van der Waals surface area contributed by atoms with E-state index < -0.39 is 40.5 Å². The maximum absolute atomic E-state index is 12.3. The molecule has 4 N–H and O–H groups in total. The van der Waals surface area contributed by atoms with Gasteiger partial charge in [0.1, 0.15) is 6.04 Å². The second-order valence-corrected chi connectivity index (χ2v) is 6.95. The summed E-state index contributed by atoms with van der Waals surface area (Å²) in [6.07, 6.45) is 0.515. The lowest BCUT2D eigenvalue weighted by Crippen LogP contribution is -2.54. The van der Waals surface area contributed by atoms with E-state index in [2.05, 4.69) is 20.5 Å². The average molecular weight is 399 g/mol. The number of fused-ring (bicyclic) bond motifs is 2. The van der Waals surface area contributed by atoms with E-state index in [4.69, 9.17) is 4.55 Å². The molecular weight excluding hydrogens is 382 g/mol. The first-order valence-electron chi connectivity index (χ1n) is 7.93. The summed E-state index contributed by atoms with van der Waals surface area (Å²) in [5.74, 6) is -0.640. The Bertz CT molecular complexity index is 847. The molecule has 146 valence electrons. The predicted molar refractivity (Wildman–Crippen MR) is 90.1 cm³/mol. The van der Waals surface area contributed by atoms with Gasteiger partial charge < -0.3 is 10.2 Å². The Morgan fingerprint density at radius 3 is 2.52 bits per heavy atom. The first-order chi connectivity index (χ1) is 12.7. The lowest BCUT2D eigenvalue weighted by atomic mass is 10.0. The second-order valence-electron chi connectivity index (χ2n) is 5.94. The summed E-state index contributed by atoms with van der Waals surface area (Å²) in [5.41, 5.74) is 4.92. The first kappa shape index (κ1) is 18.9. The molecule has 2 fully saturated rings. The fraction of sp³-hybridized carbons (Fsp3) is 0.357. The van der Waals surface area contributed by atoms with Gasteiger partial charge in [-0.1, -0.05) is 18.2 Å². The quantitative estimate of drug-likeness (QED) is 0.405. The van der Waals surface area contributed by atoms with Crippen LogP contribution in [0.1, 0.15) is 12.8 Å². The Morgan fingerprint density at radius 2 is 1.85 bits per heavy atom. The molecule has 5 amide bonds. The van der Waals surface area contributed by atoms with E-state index in [9.17, 15) is 22.8 Å². The van der Waals surface area contributed by atoms with E-state index in [1.807, 2.05) is 0 Å². The minimum atomic E-state index is -4.86. The van der Waals surface area contributed by atoms with E-state index in [0.29, 0.717) is 10.8 Å². The van der Waals surface area contributed by atoms with Crippen LogP contribution in [0, 0.1) is 0 Å².